The van der Waals surface area contributed by atoms with Crippen molar-refractivity contribution in [2.75, 3.05) is 6.61 Å². The molecule has 0 spiro atoms. The summed E-state index contributed by atoms with van der Waals surface area (Å²) in [5.41, 5.74) is 0.969. The van der Waals surface area contributed by atoms with Crippen molar-refractivity contribution in [3.8, 4) is 0 Å². The molecule has 1 aromatic carbocycles. The predicted molar refractivity (Wildman–Crippen MR) is 65.0 cm³/mol. The third kappa shape index (κ3) is 2.49. The summed E-state index contributed by atoms with van der Waals surface area (Å²) in [6, 6.07) is 9.42. The summed E-state index contributed by atoms with van der Waals surface area (Å²) in [5.74, 6) is -1.70. The van der Waals surface area contributed by atoms with E-state index in [0.29, 0.717) is 0 Å². The number of carbonyl (C=O) groups is 2. The van der Waals surface area contributed by atoms with E-state index in [1.165, 1.54) is 0 Å². The van der Waals surface area contributed by atoms with E-state index < -0.39 is 18.6 Å². The van der Waals surface area contributed by atoms with Gasteiger partial charge in [-0.05, 0) is 11.5 Å². The SMILES string of the molecule is O=C1CC(c2ccccc2)CC(=O)C1C(O)CO. The zero-order valence-corrected chi connectivity index (χ0v) is 9.95. The van der Waals surface area contributed by atoms with Crippen LogP contribution in [0, 0.1) is 5.92 Å². The molecule has 0 saturated heterocycles. The van der Waals surface area contributed by atoms with E-state index in [1.54, 1.807) is 0 Å². The fraction of sp³-hybridized carbons (Fsp3) is 0.429. The zero-order valence-electron chi connectivity index (χ0n) is 9.95. The van der Waals surface area contributed by atoms with Gasteiger partial charge in [-0.3, -0.25) is 9.59 Å². The molecule has 0 bridgehead atoms. The summed E-state index contributed by atoms with van der Waals surface area (Å²) in [4.78, 5) is 23.8. The highest BCUT2D eigenvalue weighted by atomic mass is 16.3. The molecule has 96 valence electrons. The lowest BCUT2D eigenvalue weighted by Crippen LogP contribution is -2.42. The van der Waals surface area contributed by atoms with E-state index in [1.807, 2.05) is 30.3 Å². The van der Waals surface area contributed by atoms with Crippen molar-refractivity contribution in [3.63, 3.8) is 0 Å². The van der Waals surface area contributed by atoms with Crippen molar-refractivity contribution >= 4 is 11.6 Å². The van der Waals surface area contributed by atoms with Crippen LogP contribution >= 0.6 is 0 Å². The van der Waals surface area contributed by atoms with E-state index in [9.17, 15) is 14.7 Å². The number of hydrogen-bond donors (Lipinski definition) is 2. The minimum absolute atomic E-state index is 0.103. The van der Waals surface area contributed by atoms with Crippen molar-refractivity contribution in [1.29, 1.82) is 0 Å². The van der Waals surface area contributed by atoms with Crippen molar-refractivity contribution in [2.24, 2.45) is 5.92 Å². The molecule has 1 unspecified atom stereocenters. The lowest BCUT2D eigenvalue weighted by molar-refractivity contribution is -0.142. The normalized spacial score (nSPS) is 26.1. The molecule has 1 saturated carbocycles. The molecule has 0 aromatic heterocycles. The van der Waals surface area contributed by atoms with Crippen LogP contribution in [0.15, 0.2) is 30.3 Å². The predicted octanol–water partition coefficient (Wildman–Crippen LogP) is 0.672. The van der Waals surface area contributed by atoms with Gasteiger partial charge in [-0.1, -0.05) is 30.3 Å². The number of aliphatic hydroxyl groups is 2. The van der Waals surface area contributed by atoms with E-state index >= 15 is 0 Å². The molecule has 0 heterocycles. The fourth-order valence-corrected chi connectivity index (χ4v) is 2.49. The third-order valence-electron chi connectivity index (χ3n) is 3.43. The summed E-state index contributed by atoms with van der Waals surface area (Å²) < 4.78 is 0. The Hall–Kier alpha value is -1.52. The topological polar surface area (TPSA) is 74.6 Å². The number of carbonyl (C=O) groups excluding carboxylic acids is 2. The Balaban J connectivity index is 2.15. The number of rotatable bonds is 3. The van der Waals surface area contributed by atoms with E-state index in [4.69, 9.17) is 5.11 Å². The first-order valence-electron chi connectivity index (χ1n) is 6.02. The summed E-state index contributed by atoms with van der Waals surface area (Å²) in [6.07, 6.45) is -0.767. The van der Waals surface area contributed by atoms with Gasteiger partial charge in [-0.15, -0.1) is 0 Å². The van der Waals surface area contributed by atoms with E-state index in [2.05, 4.69) is 0 Å². The molecular formula is C14H16O4. The van der Waals surface area contributed by atoms with Gasteiger partial charge in [0, 0.05) is 12.8 Å². The molecule has 0 radical (unpaired) electrons. The molecule has 2 rings (SSSR count). The van der Waals surface area contributed by atoms with Crippen LogP contribution in [0.3, 0.4) is 0 Å². The molecule has 0 amide bonds. The van der Waals surface area contributed by atoms with Crippen LogP contribution in [0.2, 0.25) is 0 Å². The molecule has 1 atom stereocenters. The Morgan fingerprint density at radius 1 is 1.11 bits per heavy atom. The largest absolute Gasteiger partial charge is 0.394 e. The van der Waals surface area contributed by atoms with Crippen LogP contribution in [-0.2, 0) is 9.59 Å². The lowest BCUT2D eigenvalue weighted by Gasteiger charge is -2.28. The molecule has 1 aliphatic rings. The molecular weight excluding hydrogens is 232 g/mol. The smallest absolute Gasteiger partial charge is 0.146 e. The van der Waals surface area contributed by atoms with Gasteiger partial charge in [0.15, 0.2) is 0 Å². The van der Waals surface area contributed by atoms with Gasteiger partial charge in [0.05, 0.1) is 12.7 Å². The van der Waals surface area contributed by atoms with Crippen molar-refractivity contribution in [2.45, 2.75) is 24.9 Å². The van der Waals surface area contributed by atoms with E-state index in [0.717, 1.165) is 5.56 Å². The van der Waals surface area contributed by atoms with Crippen molar-refractivity contribution < 1.29 is 19.8 Å². The maximum absolute atomic E-state index is 11.9. The second-order valence-corrected chi connectivity index (χ2v) is 4.68. The molecule has 4 nitrogen and oxygen atoms in total. The van der Waals surface area contributed by atoms with Gasteiger partial charge in [-0.25, -0.2) is 0 Å². The van der Waals surface area contributed by atoms with Gasteiger partial charge >= 0.3 is 0 Å². The Morgan fingerprint density at radius 2 is 1.67 bits per heavy atom. The lowest BCUT2D eigenvalue weighted by atomic mass is 9.75. The number of hydrogen-bond acceptors (Lipinski definition) is 4. The number of aliphatic hydroxyl groups excluding tert-OH is 2. The van der Waals surface area contributed by atoms with Crippen molar-refractivity contribution in [1.82, 2.24) is 0 Å². The zero-order chi connectivity index (χ0) is 13.1. The summed E-state index contributed by atoms with van der Waals surface area (Å²) >= 11 is 0. The van der Waals surface area contributed by atoms with Crippen LogP contribution in [0.1, 0.15) is 24.3 Å². The molecule has 1 aliphatic carbocycles. The van der Waals surface area contributed by atoms with Crippen LogP contribution in [0.5, 0.6) is 0 Å². The third-order valence-corrected chi connectivity index (χ3v) is 3.43. The molecule has 18 heavy (non-hydrogen) atoms. The molecule has 0 aliphatic heterocycles. The Kier molecular flexibility index (Phi) is 3.89. The average Bonchev–Trinajstić information content (AvgIpc) is 2.38. The highest BCUT2D eigenvalue weighted by Gasteiger charge is 2.39. The summed E-state index contributed by atoms with van der Waals surface area (Å²) in [6.45, 7) is -0.557. The second kappa shape index (κ2) is 5.42. The van der Waals surface area contributed by atoms with Crippen LogP contribution in [0.4, 0.5) is 0 Å². The number of benzene rings is 1. The highest BCUT2D eigenvalue weighted by Crippen LogP contribution is 2.32. The quantitative estimate of drug-likeness (QED) is 0.771. The number of ketones is 2. The van der Waals surface area contributed by atoms with Gasteiger partial charge in [0.25, 0.3) is 0 Å². The molecule has 4 heteroatoms. The van der Waals surface area contributed by atoms with Gasteiger partial charge < -0.3 is 10.2 Å². The Labute approximate surface area is 105 Å². The minimum atomic E-state index is -1.26. The van der Waals surface area contributed by atoms with Gasteiger partial charge in [0.1, 0.15) is 17.5 Å². The first-order valence-corrected chi connectivity index (χ1v) is 6.02. The maximum Gasteiger partial charge on any atom is 0.146 e. The fourth-order valence-electron chi connectivity index (χ4n) is 2.49. The van der Waals surface area contributed by atoms with Gasteiger partial charge in [0.2, 0.25) is 0 Å². The van der Waals surface area contributed by atoms with Crippen LogP contribution in [-0.4, -0.2) is 34.5 Å². The summed E-state index contributed by atoms with van der Waals surface area (Å²) in [7, 11) is 0. The van der Waals surface area contributed by atoms with Crippen LogP contribution < -0.4 is 0 Å². The first kappa shape index (κ1) is 12.9. The summed E-state index contributed by atoms with van der Waals surface area (Å²) in [5, 5.41) is 18.3. The standard InChI is InChI=1S/C14H16O4/c15-8-13(18)14-11(16)6-10(7-12(14)17)9-4-2-1-3-5-9/h1-5,10,13-15,18H,6-8H2. The monoisotopic (exact) mass is 248 g/mol. The highest BCUT2D eigenvalue weighted by molar-refractivity contribution is 6.05. The van der Waals surface area contributed by atoms with Crippen molar-refractivity contribution in [3.05, 3.63) is 35.9 Å². The average molecular weight is 248 g/mol. The first-order chi connectivity index (χ1) is 8.63. The maximum atomic E-state index is 11.9. The molecule has 2 N–H and O–H groups in total. The van der Waals surface area contributed by atoms with Crippen LogP contribution in [0.25, 0.3) is 0 Å². The Bertz CT molecular complexity index is 422. The second-order valence-electron chi connectivity index (χ2n) is 4.68. The minimum Gasteiger partial charge on any atom is -0.394 e. The molecule has 1 aromatic rings. The van der Waals surface area contributed by atoms with Gasteiger partial charge in [-0.2, -0.15) is 0 Å². The molecule has 1 fully saturated rings. The number of Topliss-reactive ketones (excluding diaryl/α,β-unsaturated/α-hetero) is 2. The Morgan fingerprint density at radius 3 is 2.17 bits per heavy atom. The van der Waals surface area contributed by atoms with E-state index in [-0.39, 0.29) is 30.3 Å².